The zero-order valence-corrected chi connectivity index (χ0v) is 32.8. The normalized spacial score (nSPS) is 15.2. The summed E-state index contributed by atoms with van der Waals surface area (Å²) in [7, 11) is 0. The van der Waals surface area contributed by atoms with Crippen molar-refractivity contribution >= 4 is 76.2 Å². The topological polar surface area (TPSA) is 14.8 Å². The molecular formula is C54H43N3. The molecule has 12 rings (SSSR count). The smallest absolute Gasteiger partial charge is 0.0549 e. The summed E-state index contributed by atoms with van der Waals surface area (Å²) in [6.45, 7) is 9.75. The number of hydrogen-bond donors (Lipinski definition) is 0. The van der Waals surface area contributed by atoms with Gasteiger partial charge in [-0.1, -0.05) is 113 Å². The fourth-order valence-electron chi connectivity index (χ4n) is 10.4. The molecule has 1 aliphatic rings. The summed E-state index contributed by atoms with van der Waals surface area (Å²) in [5.74, 6) is 0. The summed E-state index contributed by atoms with van der Waals surface area (Å²) in [4.78, 5) is 0. The van der Waals surface area contributed by atoms with E-state index in [0.29, 0.717) is 0 Å². The molecule has 0 radical (unpaired) electrons. The highest BCUT2D eigenvalue weighted by molar-refractivity contribution is 6.25. The van der Waals surface area contributed by atoms with Crippen molar-refractivity contribution < 1.29 is 0 Å². The van der Waals surface area contributed by atoms with Gasteiger partial charge in [-0.05, 0) is 124 Å². The number of hydrogen-bond acceptors (Lipinski definition) is 0. The molecule has 1 aliphatic carbocycles. The van der Waals surface area contributed by atoms with Crippen LogP contribution >= 0.6 is 0 Å². The third-order valence-corrected chi connectivity index (χ3v) is 13.5. The van der Waals surface area contributed by atoms with Crippen LogP contribution in [0.4, 0.5) is 0 Å². The molecule has 0 amide bonds. The molecule has 0 unspecified atom stereocenters. The van der Waals surface area contributed by atoms with E-state index in [-0.39, 0.29) is 10.8 Å². The lowest BCUT2D eigenvalue weighted by Crippen LogP contribution is -2.33. The average Bonchev–Trinajstić information content (AvgIpc) is 3.86. The highest BCUT2D eigenvalue weighted by atomic mass is 15.0. The SMILES string of the molecule is CC1(C)CCC(C)(C)c2cc3c(cc21)c1cc2c(cc1n3-c1ccccc1)c1c3ccccc3ccc1n2-c1ccc2c(c1)c1ccccc1n2-c1ccccc1. The lowest BCUT2D eigenvalue weighted by atomic mass is 9.63. The van der Waals surface area contributed by atoms with Crippen LogP contribution in [0.15, 0.2) is 164 Å². The minimum absolute atomic E-state index is 0.104. The Balaban J connectivity index is 1.23. The number of aromatic nitrogens is 3. The summed E-state index contributed by atoms with van der Waals surface area (Å²) in [6.07, 6.45) is 2.37. The van der Waals surface area contributed by atoms with Crippen molar-refractivity contribution in [2.24, 2.45) is 0 Å². The van der Waals surface area contributed by atoms with Crippen LogP contribution in [0.3, 0.4) is 0 Å². The van der Waals surface area contributed by atoms with Crippen molar-refractivity contribution in [2.45, 2.75) is 51.4 Å². The van der Waals surface area contributed by atoms with Gasteiger partial charge in [0.1, 0.15) is 0 Å². The van der Waals surface area contributed by atoms with Crippen LogP contribution in [0.2, 0.25) is 0 Å². The van der Waals surface area contributed by atoms with E-state index in [9.17, 15) is 0 Å². The molecule has 3 heteroatoms. The summed E-state index contributed by atoms with van der Waals surface area (Å²) in [5.41, 5.74) is 14.1. The van der Waals surface area contributed by atoms with Gasteiger partial charge in [-0.3, -0.25) is 0 Å². The second-order valence-electron chi connectivity index (χ2n) is 17.6. The van der Waals surface area contributed by atoms with E-state index in [1.807, 2.05) is 0 Å². The quantitative estimate of drug-likeness (QED) is 0.172. The van der Waals surface area contributed by atoms with E-state index >= 15 is 0 Å². The maximum atomic E-state index is 2.56. The van der Waals surface area contributed by atoms with Crippen molar-refractivity contribution in [1.29, 1.82) is 0 Å². The molecule has 0 aliphatic heterocycles. The first-order chi connectivity index (χ1) is 27.8. The summed E-state index contributed by atoms with van der Waals surface area (Å²) < 4.78 is 7.46. The Hall–Kier alpha value is -6.58. The molecule has 0 bridgehead atoms. The van der Waals surface area contributed by atoms with Crippen LogP contribution in [0.5, 0.6) is 0 Å². The lowest BCUT2D eigenvalue weighted by molar-refractivity contribution is 0.332. The maximum absolute atomic E-state index is 2.56. The second kappa shape index (κ2) is 11.5. The lowest BCUT2D eigenvalue weighted by Gasteiger charge is -2.42. The Morgan fingerprint density at radius 1 is 0.333 bits per heavy atom. The summed E-state index contributed by atoms with van der Waals surface area (Å²) in [5, 5.41) is 10.2. The van der Waals surface area contributed by atoms with Gasteiger partial charge in [-0.2, -0.15) is 0 Å². The van der Waals surface area contributed by atoms with Gasteiger partial charge in [-0.25, -0.2) is 0 Å². The monoisotopic (exact) mass is 733 g/mol. The summed E-state index contributed by atoms with van der Waals surface area (Å²) >= 11 is 0. The van der Waals surface area contributed by atoms with E-state index < -0.39 is 0 Å². The second-order valence-corrected chi connectivity index (χ2v) is 17.6. The molecule has 0 spiro atoms. The van der Waals surface area contributed by atoms with Crippen molar-refractivity contribution in [1.82, 2.24) is 13.7 Å². The molecule has 3 nitrogen and oxygen atoms in total. The largest absolute Gasteiger partial charge is 0.309 e. The number of fused-ring (bicyclic) bond motifs is 12. The van der Waals surface area contributed by atoms with Crippen LogP contribution in [-0.2, 0) is 10.8 Å². The van der Waals surface area contributed by atoms with Gasteiger partial charge in [0.25, 0.3) is 0 Å². The van der Waals surface area contributed by atoms with E-state index in [2.05, 4.69) is 205 Å². The van der Waals surface area contributed by atoms with Gasteiger partial charge in [-0.15, -0.1) is 0 Å². The molecule has 3 aromatic heterocycles. The third-order valence-electron chi connectivity index (χ3n) is 13.5. The van der Waals surface area contributed by atoms with Gasteiger partial charge in [0, 0.05) is 49.4 Å². The van der Waals surface area contributed by atoms with Gasteiger partial charge >= 0.3 is 0 Å². The number of rotatable bonds is 3. The van der Waals surface area contributed by atoms with Gasteiger partial charge in [0.15, 0.2) is 0 Å². The van der Waals surface area contributed by atoms with E-state index in [4.69, 9.17) is 0 Å². The van der Waals surface area contributed by atoms with Crippen LogP contribution in [-0.4, -0.2) is 13.7 Å². The van der Waals surface area contributed by atoms with Gasteiger partial charge in [0.05, 0.1) is 33.1 Å². The molecular weight excluding hydrogens is 691 g/mol. The molecule has 57 heavy (non-hydrogen) atoms. The first kappa shape index (κ1) is 32.6. The highest BCUT2D eigenvalue weighted by Gasteiger charge is 2.38. The molecule has 3 heterocycles. The van der Waals surface area contributed by atoms with Crippen molar-refractivity contribution in [2.75, 3.05) is 0 Å². The Morgan fingerprint density at radius 3 is 1.56 bits per heavy atom. The number of para-hydroxylation sites is 3. The fourth-order valence-corrected chi connectivity index (χ4v) is 10.4. The van der Waals surface area contributed by atoms with E-state index in [1.165, 1.54) is 117 Å². The zero-order chi connectivity index (χ0) is 38.2. The molecule has 0 N–H and O–H groups in total. The summed E-state index contributed by atoms with van der Waals surface area (Å²) in [6, 6.07) is 61.2. The minimum Gasteiger partial charge on any atom is -0.309 e. The van der Waals surface area contributed by atoms with Crippen LogP contribution in [0.25, 0.3) is 93.3 Å². The van der Waals surface area contributed by atoms with E-state index in [0.717, 1.165) is 0 Å². The van der Waals surface area contributed by atoms with Gasteiger partial charge in [0.2, 0.25) is 0 Å². The molecule has 0 saturated carbocycles. The number of benzene rings is 8. The van der Waals surface area contributed by atoms with Crippen molar-refractivity contribution in [3.05, 3.63) is 175 Å². The average molecular weight is 734 g/mol. The number of nitrogens with zero attached hydrogens (tertiary/aromatic N) is 3. The van der Waals surface area contributed by atoms with Gasteiger partial charge < -0.3 is 13.7 Å². The highest BCUT2D eigenvalue weighted by Crippen LogP contribution is 2.50. The first-order valence-corrected chi connectivity index (χ1v) is 20.4. The van der Waals surface area contributed by atoms with Crippen LogP contribution in [0.1, 0.15) is 51.7 Å². The molecule has 11 aromatic rings. The third kappa shape index (κ3) is 4.54. The van der Waals surface area contributed by atoms with Crippen LogP contribution in [0, 0.1) is 0 Å². The molecule has 274 valence electrons. The Kier molecular flexibility index (Phi) is 6.58. The Morgan fingerprint density at radius 2 is 0.825 bits per heavy atom. The minimum atomic E-state index is 0.104. The zero-order valence-electron chi connectivity index (χ0n) is 32.8. The molecule has 0 saturated heterocycles. The maximum Gasteiger partial charge on any atom is 0.0549 e. The molecule has 0 fully saturated rings. The van der Waals surface area contributed by atoms with Crippen molar-refractivity contribution in [3.8, 4) is 17.1 Å². The Bertz CT molecular complexity index is 3440. The fraction of sp³-hybridized carbons (Fsp3) is 0.148. The molecule has 8 aromatic carbocycles. The predicted molar refractivity (Wildman–Crippen MR) is 242 cm³/mol. The van der Waals surface area contributed by atoms with E-state index in [1.54, 1.807) is 0 Å². The standard InChI is InChI=1S/C54H43N3/c1-53(2)27-28-54(3,4)45-33-51-41(30-44(45)53)42-31-50-43(32-49(42)56(51)36-18-9-6-10-19-36)52-38-20-12-11-15-34(38)23-25-48(52)57(50)37-24-26-47-40(29-37)39-21-13-14-22-46(39)55(47)35-16-7-5-8-17-35/h5-26,29-33H,27-28H2,1-4H3. The first-order valence-electron chi connectivity index (χ1n) is 20.4. The van der Waals surface area contributed by atoms with Crippen LogP contribution < -0.4 is 0 Å². The predicted octanol–water partition coefficient (Wildman–Crippen LogP) is 14.5. The molecule has 0 atom stereocenters. The Labute approximate surface area is 332 Å². The van der Waals surface area contributed by atoms with Crippen molar-refractivity contribution in [3.63, 3.8) is 0 Å².